The van der Waals surface area contributed by atoms with E-state index in [1.54, 1.807) is 11.3 Å². The second-order valence-electron chi connectivity index (χ2n) is 13.9. The number of hydrogen-bond donors (Lipinski definition) is 0. The van der Waals surface area contributed by atoms with E-state index in [0.29, 0.717) is 0 Å². The van der Waals surface area contributed by atoms with Gasteiger partial charge in [0.2, 0.25) is 5.72 Å². The standard InChI is InChI=1S/C43H33N3O2S/c1-42(2)33-13-7-8-14-35(33)45(3)43(42)25-44-40-30-11-5-4-10-29(30)36(24-37(40)48-43)46-21-20-28-22-26(16-18-34(28)46)27-17-19-39-32(23-27)41(47)31-12-6-9-15-38(31)49-39/h4-19,22-25H,20-21H2,1-3H3. The number of anilines is 3. The Bertz CT molecular complexity index is 2640. The van der Waals surface area contributed by atoms with Crippen LogP contribution in [0.2, 0.25) is 0 Å². The van der Waals surface area contributed by atoms with Crippen LogP contribution in [0.4, 0.5) is 22.7 Å². The fourth-order valence-electron chi connectivity index (χ4n) is 8.44. The zero-order chi connectivity index (χ0) is 33.1. The van der Waals surface area contributed by atoms with E-state index in [1.165, 1.54) is 22.5 Å². The smallest absolute Gasteiger partial charge is 0.228 e. The third-order valence-electron chi connectivity index (χ3n) is 11.1. The first-order chi connectivity index (χ1) is 23.8. The third kappa shape index (κ3) is 3.86. The van der Waals surface area contributed by atoms with Crippen molar-refractivity contribution in [1.82, 2.24) is 0 Å². The number of benzene rings is 6. The second-order valence-corrected chi connectivity index (χ2v) is 15.0. The summed E-state index contributed by atoms with van der Waals surface area (Å²) in [5.74, 6) is 0.798. The Hall–Kier alpha value is -5.46. The molecule has 0 fully saturated rings. The third-order valence-corrected chi connectivity index (χ3v) is 12.3. The van der Waals surface area contributed by atoms with Crippen LogP contribution in [-0.2, 0) is 11.8 Å². The van der Waals surface area contributed by atoms with Crippen molar-refractivity contribution in [3.05, 3.63) is 137 Å². The van der Waals surface area contributed by atoms with Gasteiger partial charge in [-0.3, -0.25) is 9.79 Å². The number of nitrogens with zero attached hydrogens (tertiary/aromatic N) is 3. The summed E-state index contributed by atoms with van der Waals surface area (Å²) in [5.41, 5.74) is 8.13. The summed E-state index contributed by atoms with van der Waals surface area (Å²) in [4.78, 5) is 23.3. The largest absolute Gasteiger partial charge is 0.459 e. The molecule has 0 aliphatic carbocycles. The number of ether oxygens (including phenoxy) is 1. The van der Waals surface area contributed by atoms with Gasteiger partial charge in [0.1, 0.15) is 5.69 Å². The molecule has 5 nitrogen and oxygen atoms in total. The fourth-order valence-corrected chi connectivity index (χ4v) is 9.49. The number of hydrogen-bond acceptors (Lipinski definition) is 6. The van der Waals surface area contributed by atoms with Crippen LogP contribution in [0, 0.1) is 0 Å². The normalized spacial score (nSPS) is 18.7. The maximum absolute atomic E-state index is 13.4. The fraction of sp³-hybridized carbons (Fsp3) is 0.163. The van der Waals surface area contributed by atoms with E-state index < -0.39 is 5.72 Å². The SMILES string of the molecule is CN1c2ccccc2C(C)(C)C12C=Nc1c(cc(N3CCc4cc(-c5ccc6sc7ccccc7c(=O)c6c5)ccc43)c3ccccc13)O2. The van der Waals surface area contributed by atoms with Crippen LogP contribution in [0.15, 0.2) is 125 Å². The molecule has 0 saturated heterocycles. The van der Waals surface area contributed by atoms with Gasteiger partial charge in [0.15, 0.2) is 11.2 Å². The highest BCUT2D eigenvalue weighted by Crippen LogP contribution is 2.55. The molecule has 49 heavy (non-hydrogen) atoms. The molecule has 238 valence electrons. The van der Waals surface area contributed by atoms with E-state index >= 15 is 0 Å². The Morgan fingerprint density at radius 1 is 0.714 bits per heavy atom. The van der Waals surface area contributed by atoms with Gasteiger partial charge in [-0.05, 0) is 85.0 Å². The van der Waals surface area contributed by atoms with Gasteiger partial charge in [-0.15, -0.1) is 11.3 Å². The van der Waals surface area contributed by atoms with Crippen LogP contribution in [-0.4, -0.2) is 25.5 Å². The average Bonchev–Trinajstić information content (AvgIpc) is 3.62. The van der Waals surface area contributed by atoms with Crippen molar-refractivity contribution in [3.8, 4) is 16.9 Å². The molecule has 0 bridgehead atoms. The summed E-state index contributed by atoms with van der Waals surface area (Å²) in [6, 6.07) is 40.2. The maximum atomic E-state index is 13.4. The van der Waals surface area contributed by atoms with Crippen molar-refractivity contribution in [3.63, 3.8) is 0 Å². The lowest BCUT2D eigenvalue weighted by Crippen LogP contribution is -2.61. The quantitative estimate of drug-likeness (QED) is 0.174. The summed E-state index contributed by atoms with van der Waals surface area (Å²) >= 11 is 1.67. The van der Waals surface area contributed by atoms with E-state index in [-0.39, 0.29) is 10.8 Å². The van der Waals surface area contributed by atoms with Crippen molar-refractivity contribution in [2.45, 2.75) is 31.4 Å². The van der Waals surface area contributed by atoms with Gasteiger partial charge in [0.25, 0.3) is 0 Å². The molecule has 3 aliphatic heterocycles. The molecule has 10 rings (SSSR count). The maximum Gasteiger partial charge on any atom is 0.228 e. The second kappa shape index (κ2) is 10.0. The Balaban J connectivity index is 1.06. The van der Waals surface area contributed by atoms with E-state index in [1.807, 2.05) is 30.5 Å². The van der Waals surface area contributed by atoms with Crippen molar-refractivity contribution in [2.75, 3.05) is 23.4 Å². The van der Waals surface area contributed by atoms with E-state index in [2.05, 4.69) is 122 Å². The van der Waals surface area contributed by atoms with Crippen LogP contribution in [0.3, 0.4) is 0 Å². The van der Waals surface area contributed by atoms with Gasteiger partial charge in [0, 0.05) is 62.0 Å². The molecule has 6 aromatic carbocycles. The van der Waals surface area contributed by atoms with Crippen molar-refractivity contribution in [2.24, 2.45) is 4.99 Å². The van der Waals surface area contributed by atoms with Gasteiger partial charge in [-0.25, -0.2) is 0 Å². The molecule has 1 spiro atoms. The Morgan fingerprint density at radius 2 is 1.43 bits per heavy atom. The first-order valence-corrected chi connectivity index (χ1v) is 17.7. The van der Waals surface area contributed by atoms with Crippen LogP contribution in [0.1, 0.15) is 25.0 Å². The van der Waals surface area contributed by atoms with Crippen molar-refractivity contribution < 1.29 is 4.74 Å². The Labute approximate surface area is 288 Å². The molecule has 3 aliphatic rings. The average molecular weight is 656 g/mol. The molecule has 6 heteroatoms. The minimum Gasteiger partial charge on any atom is -0.459 e. The van der Waals surface area contributed by atoms with Crippen molar-refractivity contribution >= 4 is 71.2 Å². The Kier molecular flexibility index (Phi) is 5.84. The molecule has 4 heterocycles. The lowest BCUT2D eigenvalue weighted by Gasteiger charge is -2.45. The summed E-state index contributed by atoms with van der Waals surface area (Å²) in [5, 5.41) is 3.80. The summed E-state index contributed by atoms with van der Waals surface area (Å²) in [6.45, 7) is 5.36. The number of rotatable bonds is 2. The van der Waals surface area contributed by atoms with Gasteiger partial charge >= 0.3 is 0 Å². The molecule has 0 N–H and O–H groups in total. The summed E-state index contributed by atoms with van der Waals surface area (Å²) < 4.78 is 9.20. The molecule has 1 atom stereocenters. The molecule has 0 radical (unpaired) electrons. The first kappa shape index (κ1) is 28.5. The zero-order valence-corrected chi connectivity index (χ0v) is 28.3. The minimum absolute atomic E-state index is 0.0993. The summed E-state index contributed by atoms with van der Waals surface area (Å²) in [7, 11) is 2.11. The van der Waals surface area contributed by atoms with Gasteiger partial charge < -0.3 is 14.5 Å². The first-order valence-electron chi connectivity index (χ1n) is 16.8. The number of aliphatic imine (C=N–C) groups is 1. The number of para-hydroxylation sites is 1. The van der Waals surface area contributed by atoms with Crippen LogP contribution < -0.4 is 20.0 Å². The van der Waals surface area contributed by atoms with Crippen LogP contribution >= 0.6 is 11.3 Å². The minimum atomic E-state index is -0.752. The summed E-state index contributed by atoms with van der Waals surface area (Å²) in [6.07, 6.45) is 2.94. The molecular weight excluding hydrogens is 623 g/mol. The zero-order valence-electron chi connectivity index (χ0n) is 27.5. The van der Waals surface area contributed by atoms with E-state index in [9.17, 15) is 4.79 Å². The molecular formula is C43H33N3O2S. The van der Waals surface area contributed by atoms with Gasteiger partial charge in [-0.1, -0.05) is 66.7 Å². The van der Waals surface area contributed by atoms with Gasteiger partial charge in [0.05, 0.1) is 17.3 Å². The van der Waals surface area contributed by atoms with E-state index in [0.717, 1.165) is 72.2 Å². The highest BCUT2D eigenvalue weighted by atomic mass is 32.1. The molecule has 7 aromatic rings. The monoisotopic (exact) mass is 655 g/mol. The van der Waals surface area contributed by atoms with Crippen LogP contribution in [0.25, 0.3) is 42.1 Å². The lowest BCUT2D eigenvalue weighted by atomic mass is 9.77. The van der Waals surface area contributed by atoms with Gasteiger partial charge in [-0.2, -0.15) is 0 Å². The number of fused-ring (bicyclic) bond motifs is 7. The molecule has 1 aromatic heterocycles. The van der Waals surface area contributed by atoms with Crippen molar-refractivity contribution in [1.29, 1.82) is 0 Å². The number of likely N-dealkylation sites (N-methyl/N-ethyl adjacent to an activating group) is 1. The molecule has 0 saturated carbocycles. The predicted octanol–water partition coefficient (Wildman–Crippen LogP) is 10.1. The highest BCUT2D eigenvalue weighted by molar-refractivity contribution is 7.24. The Morgan fingerprint density at radius 3 is 2.29 bits per heavy atom. The predicted molar refractivity (Wildman–Crippen MR) is 205 cm³/mol. The lowest BCUT2D eigenvalue weighted by molar-refractivity contribution is 0.0827. The topological polar surface area (TPSA) is 45.1 Å². The molecule has 0 amide bonds. The molecule has 1 unspecified atom stereocenters. The highest BCUT2D eigenvalue weighted by Gasteiger charge is 2.58. The van der Waals surface area contributed by atoms with E-state index in [4.69, 9.17) is 9.73 Å². The van der Waals surface area contributed by atoms with Crippen LogP contribution in [0.5, 0.6) is 5.75 Å².